The quantitative estimate of drug-likeness (QED) is 0.220. The van der Waals surface area contributed by atoms with Crippen molar-refractivity contribution in [3.63, 3.8) is 0 Å². The SMILES string of the molecule is O=COc1ccc2nc(N3C[C@H]4C[C@@H]3C[C@@H]4OCc3c(-c4c(Cl)cccc4Cl)noc3C3CC3)sc2c1. The van der Waals surface area contributed by atoms with Gasteiger partial charge in [0.2, 0.25) is 0 Å². The highest BCUT2D eigenvalue weighted by Gasteiger charge is 2.46. The van der Waals surface area contributed by atoms with Crippen molar-refractivity contribution in [2.24, 2.45) is 5.92 Å². The van der Waals surface area contributed by atoms with Gasteiger partial charge in [0.15, 0.2) is 5.13 Å². The van der Waals surface area contributed by atoms with Gasteiger partial charge in [0.1, 0.15) is 17.2 Å². The van der Waals surface area contributed by atoms with Crippen molar-refractivity contribution in [3.8, 4) is 17.0 Å². The number of halogens is 2. The van der Waals surface area contributed by atoms with Crippen LogP contribution in [0.5, 0.6) is 5.75 Å². The van der Waals surface area contributed by atoms with Crippen molar-refractivity contribution in [2.45, 2.75) is 50.4 Å². The number of rotatable bonds is 8. The van der Waals surface area contributed by atoms with E-state index in [4.69, 9.17) is 42.2 Å². The minimum absolute atomic E-state index is 0.166. The molecule has 7 nitrogen and oxygen atoms in total. The first-order valence-electron chi connectivity index (χ1n) is 12.4. The summed E-state index contributed by atoms with van der Waals surface area (Å²) in [5, 5.41) is 6.51. The summed E-state index contributed by atoms with van der Waals surface area (Å²) < 4.78 is 18.3. The van der Waals surface area contributed by atoms with Crippen LogP contribution in [0.1, 0.15) is 42.9 Å². The molecule has 3 heterocycles. The number of anilines is 1. The maximum absolute atomic E-state index is 10.7. The van der Waals surface area contributed by atoms with Crippen LogP contribution >= 0.6 is 34.5 Å². The van der Waals surface area contributed by atoms with Gasteiger partial charge in [-0.05, 0) is 49.9 Å². The average Bonchev–Trinajstić information content (AvgIpc) is 3.21. The molecule has 2 aromatic heterocycles. The molecule has 1 aliphatic heterocycles. The van der Waals surface area contributed by atoms with Crippen LogP contribution in [0.4, 0.5) is 5.13 Å². The van der Waals surface area contributed by atoms with Gasteiger partial charge in [0.25, 0.3) is 6.47 Å². The molecule has 3 fully saturated rings. The molecule has 0 radical (unpaired) electrons. The number of nitrogens with zero attached hydrogens (tertiary/aromatic N) is 3. The third kappa shape index (κ3) is 4.20. The standard InChI is InChI=1S/C27H23Cl2N3O4S/c28-19-2-1-3-20(29)24(19)25-18(26(36-31-25)14-4-5-14)12-34-22-9-16-8-15(22)11-32(16)27-30-21-7-6-17(35-13-33)10-23(21)37-27/h1-3,6-7,10,13-16,22H,4-5,8-9,11-12H2/t15-,16-,22+/m1/s1. The summed E-state index contributed by atoms with van der Waals surface area (Å²) in [7, 11) is 0. The fraction of sp³-hybridized carbons (Fsp3) is 0.370. The number of benzene rings is 2. The van der Waals surface area contributed by atoms with E-state index in [1.54, 1.807) is 17.4 Å². The van der Waals surface area contributed by atoms with Crippen LogP contribution in [-0.4, -0.2) is 35.3 Å². The molecule has 190 valence electrons. The van der Waals surface area contributed by atoms with Gasteiger partial charge in [-0.25, -0.2) is 4.98 Å². The maximum atomic E-state index is 10.7. The molecular formula is C27H23Cl2N3O4S. The third-order valence-corrected chi connectivity index (χ3v) is 9.35. The summed E-state index contributed by atoms with van der Waals surface area (Å²) in [6.45, 7) is 1.79. The second-order valence-corrected chi connectivity index (χ2v) is 11.8. The van der Waals surface area contributed by atoms with E-state index in [-0.39, 0.29) is 6.10 Å². The number of carbonyl (C=O) groups excluding carboxylic acids is 1. The van der Waals surface area contributed by atoms with Crippen molar-refractivity contribution >= 4 is 56.4 Å². The molecule has 0 amide bonds. The molecule has 10 heteroatoms. The number of hydrogen-bond acceptors (Lipinski definition) is 8. The molecule has 0 N–H and O–H groups in total. The molecule has 0 spiro atoms. The number of piperidine rings is 1. The van der Waals surface area contributed by atoms with Gasteiger partial charge in [0.05, 0.1) is 33.0 Å². The average molecular weight is 556 g/mol. The van der Waals surface area contributed by atoms with Crippen LogP contribution in [-0.2, 0) is 16.1 Å². The van der Waals surface area contributed by atoms with Crippen LogP contribution in [0.25, 0.3) is 21.5 Å². The summed E-state index contributed by atoms with van der Waals surface area (Å²) >= 11 is 14.6. The smallest absolute Gasteiger partial charge is 0.298 e. The minimum Gasteiger partial charge on any atom is -0.429 e. The molecule has 7 rings (SSSR count). The lowest BCUT2D eigenvalue weighted by Gasteiger charge is -2.31. The van der Waals surface area contributed by atoms with Crippen molar-refractivity contribution in [1.82, 2.24) is 10.1 Å². The van der Waals surface area contributed by atoms with Gasteiger partial charge in [0, 0.05) is 41.6 Å². The summed E-state index contributed by atoms with van der Waals surface area (Å²) in [5.74, 6) is 2.27. The lowest BCUT2D eigenvalue weighted by atomic mass is 10.0. The lowest BCUT2D eigenvalue weighted by molar-refractivity contribution is -0.120. The predicted octanol–water partition coefficient (Wildman–Crippen LogP) is 6.85. The first-order chi connectivity index (χ1) is 18.1. The zero-order valence-electron chi connectivity index (χ0n) is 19.7. The van der Waals surface area contributed by atoms with E-state index in [1.165, 1.54) is 0 Å². The second-order valence-electron chi connectivity index (χ2n) is 9.97. The Morgan fingerprint density at radius 2 is 2.00 bits per heavy atom. The Kier molecular flexibility index (Phi) is 5.88. The van der Waals surface area contributed by atoms with Gasteiger partial charge >= 0.3 is 0 Å². The van der Waals surface area contributed by atoms with Gasteiger partial charge in [-0.3, -0.25) is 4.79 Å². The van der Waals surface area contributed by atoms with Gasteiger partial charge < -0.3 is 18.9 Å². The minimum atomic E-state index is 0.166. The number of fused-ring (bicyclic) bond motifs is 3. The zero-order chi connectivity index (χ0) is 25.1. The lowest BCUT2D eigenvalue weighted by Crippen LogP contribution is -2.38. The van der Waals surface area contributed by atoms with Crippen molar-refractivity contribution < 1.29 is 18.8 Å². The molecule has 37 heavy (non-hydrogen) atoms. The van der Waals surface area contributed by atoms with Crippen molar-refractivity contribution in [3.05, 3.63) is 57.8 Å². The molecular weight excluding hydrogens is 533 g/mol. The highest BCUT2D eigenvalue weighted by atomic mass is 35.5. The van der Waals surface area contributed by atoms with Crippen LogP contribution < -0.4 is 9.64 Å². The van der Waals surface area contributed by atoms with E-state index in [0.717, 1.165) is 58.9 Å². The molecule has 2 bridgehead atoms. The Hall–Kier alpha value is -2.65. The number of hydrogen-bond donors (Lipinski definition) is 0. The molecule has 2 saturated carbocycles. The molecule has 3 aliphatic rings. The molecule has 3 atom stereocenters. The molecule has 2 aromatic carbocycles. The summed E-state index contributed by atoms with van der Waals surface area (Å²) in [4.78, 5) is 17.9. The van der Waals surface area contributed by atoms with E-state index in [0.29, 0.717) is 58.0 Å². The van der Waals surface area contributed by atoms with Gasteiger partial charge in [-0.1, -0.05) is 45.8 Å². The topological polar surface area (TPSA) is 77.7 Å². The van der Waals surface area contributed by atoms with Crippen LogP contribution in [0.3, 0.4) is 0 Å². The van der Waals surface area contributed by atoms with Crippen molar-refractivity contribution in [1.29, 1.82) is 0 Å². The van der Waals surface area contributed by atoms with Crippen LogP contribution in [0, 0.1) is 5.92 Å². The van der Waals surface area contributed by atoms with E-state index in [9.17, 15) is 4.79 Å². The van der Waals surface area contributed by atoms with Gasteiger partial charge in [-0.2, -0.15) is 0 Å². The zero-order valence-corrected chi connectivity index (χ0v) is 22.1. The van der Waals surface area contributed by atoms with Crippen LogP contribution in [0.2, 0.25) is 10.0 Å². The maximum Gasteiger partial charge on any atom is 0.298 e. The van der Waals surface area contributed by atoms with E-state index < -0.39 is 0 Å². The Labute approximate surface area is 227 Å². The Bertz CT molecular complexity index is 1480. The third-order valence-electron chi connectivity index (χ3n) is 7.66. The summed E-state index contributed by atoms with van der Waals surface area (Å²) in [6, 6.07) is 11.4. The fourth-order valence-electron chi connectivity index (χ4n) is 5.73. The Morgan fingerprint density at radius 1 is 1.16 bits per heavy atom. The largest absolute Gasteiger partial charge is 0.429 e. The summed E-state index contributed by atoms with van der Waals surface area (Å²) in [5.41, 5.74) is 3.28. The second kappa shape index (κ2) is 9.27. The number of ether oxygens (including phenoxy) is 2. The predicted molar refractivity (Wildman–Crippen MR) is 143 cm³/mol. The monoisotopic (exact) mass is 555 g/mol. The molecule has 0 unspecified atom stereocenters. The number of thiazole rings is 1. The highest BCUT2D eigenvalue weighted by Crippen LogP contribution is 2.48. The van der Waals surface area contributed by atoms with Crippen molar-refractivity contribution in [2.75, 3.05) is 11.4 Å². The number of aromatic nitrogens is 2. The summed E-state index contributed by atoms with van der Waals surface area (Å²) in [6.07, 6.45) is 4.41. The van der Waals surface area contributed by atoms with E-state index in [1.807, 2.05) is 30.3 Å². The highest BCUT2D eigenvalue weighted by molar-refractivity contribution is 7.22. The first kappa shape index (κ1) is 23.5. The molecule has 2 aliphatic carbocycles. The number of carbonyl (C=O) groups is 1. The molecule has 4 aromatic rings. The Balaban J connectivity index is 1.08. The van der Waals surface area contributed by atoms with Crippen LogP contribution in [0.15, 0.2) is 40.9 Å². The van der Waals surface area contributed by atoms with E-state index in [2.05, 4.69) is 10.1 Å². The first-order valence-corrected chi connectivity index (χ1v) is 14.0. The molecule has 1 saturated heterocycles. The Morgan fingerprint density at radius 3 is 2.73 bits per heavy atom. The van der Waals surface area contributed by atoms with Gasteiger partial charge in [-0.15, -0.1) is 0 Å². The van der Waals surface area contributed by atoms with E-state index >= 15 is 0 Å². The normalized spacial score (nSPS) is 22.8. The fourth-order valence-corrected chi connectivity index (χ4v) is 7.38.